The molecule has 1 aromatic heterocycles. The van der Waals surface area contributed by atoms with Gasteiger partial charge >= 0.3 is 5.97 Å². The van der Waals surface area contributed by atoms with Gasteiger partial charge in [0, 0.05) is 24.7 Å². The highest BCUT2D eigenvalue weighted by atomic mass is 16.5. The molecule has 132 valence electrons. The standard InChI is InChI=1S/C18H20N2O5/c1-20(12-7-9-13(10-8-12)24-11-16(21)22)18(23)17-14-5-3-2-4-6-15(14)25-19-17/h7-10H,2-6,11H2,1H3,(H,21,22). The van der Waals surface area contributed by atoms with Crippen LogP contribution in [-0.2, 0) is 17.6 Å². The summed E-state index contributed by atoms with van der Waals surface area (Å²) in [4.78, 5) is 24.8. The van der Waals surface area contributed by atoms with E-state index in [2.05, 4.69) is 5.16 Å². The van der Waals surface area contributed by atoms with Crippen LogP contribution in [0, 0.1) is 0 Å². The Morgan fingerprint density at radius 3 is 2.64 bits per heavy atom. The molecule has 0 atom stereocenters. The number of carbonyl (C=O) groups is 2. The van der Waals surface area contributed by atoms with Gasteiger partial charge in [0.1, 0.15) is 11.5 Å². The number of carbonyl (C=O) groups excluding carboxylic acids is 1. The molecule has 0 bridgehead atoms. The molecule has 0 unspecified atom stereocenters. The van der Waals surface area contributed by atoms with E-state index in [1.165, 1.54) is 4.90 Å². The zero-order valence-electron chi connectivity index (χ0n) is 14.0. The number of fused-ring (bicyclic) bond motifs is 1. The van der Waals surface area contributed by atoms with E-state index < -0.39 is 12.6 Å². The molecule has 0 aliphatic heterocycles. The van der Waals surface area contributed by atoms with Crippen molar-refractivity contribution in [3.63, 3.8) is 0 Å². The van der Waals surface area contributed by atoms with Crippen LogP contribution in [0.25, 0.3) is 0 Å². The molecule has 1 N–H and O–H groups in total. The maximum Gasteiger partial charge on any atom is 0.341 e. The van der Waals surface area contributed by atoms with Crippen LogP contribution in [0.15, 0.2) is 28.8 Å². The SMILES string of the molecule is CN(C(=O)c1noc2c1CCCCC2)c1ccc(OCC(=O)O)cc1. The highest BCUT2D eigenvalue weighted by Crippen LogP contribution is 2.26. The van der Waals surface area contributed by atoms with E-state index in [-0.39, 0.29) is 5.91 Å². The summed E-state index contributed by atoms with van der Waals surface area (Å²) in [5.74, 6) is 0.00294. The second-order valence-electron chi connectivity index (χ2n) is 6.03. The lowest BCUT2D eigenvalue weighted by Crippen LogP contribution is -2.27. The summed E-state index contributed by atoms with van der Waals surface area (Å²) < 4.78 is 10.5. The number of anilines is 1. The van der Waals surface area contributed by atoms with Crippen LogP contribution in [0.5, 0.6) is 5.75 Å². The maximum absolute atomic E-state index is 12.8. The van der Waals surface area contributed by atoms with Gasteiger partial charge in [-0.3, -0.25) is 4.79 Å². The van der Waals surface area contributed by atoms with E-state index in [9.17, 15) is 9.59 Å². The fraction of sp³-hybridized carbons (Fsp3) is 0.389. The number of carboxylic acid groups (broad SMARTS) is 1. The van der Waals surface area contributed by atoms with E-state index in [1.807, 2.05) is 0 Å². The second-order valence-corrected chi connectivity index (χ2v) is 6.03. The number of aryl methyl sites for hydroxylation is 1. The Hall–Kier alpha value is -2.83. The molecule has 0 saturated carbocycles. The first-order valence-corrected chi connectivity index (χ1v) is 8.26. The molecule has 1 aromatic carbocycles. The predicted octanol–water partition coefficient (Wildman–Crippen LogP) is 2.68. The summed E-state index contributed by atoms with van der Waals surface area (Å²) in [6.45, 7) is -0.404. The average Bonchev–Trinajstić information content (AvgIpc) is 2.87. The Morgan fingerprint density at radius 2 is 1.92 bits per heavy atom. The molecule has 0 radical (unpaired) electrons. The third kappa shape index (κ3) is 3.81. The number of ether oxygens (including phenoxy) is 1. The Balaban J connectivity index is 1.74. The minimum absolute atomic E-state index is 0.217. The molecule has 25 heavy (non-hydrogen) atoms. The van der Waals surface area contributed by atoms with Gasteiger partial charge in [-0.2, -0.15) is 0 Å². The minimum Gasteiger partial charge on any atom is -0.482 e. The van der Waals surface area contributed by atoms with Gasteiger partial charge in [-0.1, -0.05) is 11.6 Å². The van der Waals surface area contributed by atoms with Crippen LogP contribution in [-0.4, -0.2) is 35.8 Å². The number of hydrogen-bond acceptors (Lipinski definition) is 5. The number of nitrogens with zero attached hydrogens (tertiary/aromatic N) is 2. The van der Waals surface area contributed by atoms with Crippen molar-refractivity contribution in [3.05, 3.63) is 41.3 Å². The Labute approximate surface area is 145 Å². The van der Waals surface area contributed by atoms with Gasteiger partial charge in [0.05, 0.1) is 0 Å². The zero-order valence-corrected chi connectivity index (χ0v) is 14.0. The monoisotopic (exact) mass is 344 g/mol. The van der Waals surface area contributed by atoms with Crippen molar-refractivity contribution in [1.82, 2.24) is 5.16 Å². The number of benzene rings is 1. The molecule has 1 amide bonds. The second kappa shape index (κ2) is 7.38. The summed E-state index contributed by atoms with van der Waals surface area (Å²) in [6, 6.07) is 6.67. The van der Waals surface area contributed by atoms with Crippen molar-refractivity contribution in [3.8, 4) is 5.75 Å². The van der Waals surface area contributed by atoms with Gasteiger partial charge in [0.2, 0.25) is 0 Å². The van der Waals surface area contributed by atoms with Gasteiger partial charge in [0.25, 0.3) is 5.91 Å². The third-order valence-corrected chi connectivity index (χ3v) is 4.29. The molecule has 0 fully saturated rings. The minimum atomic E-state index is -1.04. The molecule has 2 aromatic rings. The number of rotatable bonds is 5. The molecule has 3 rings (SSSR count). The Morgan fingerprint density at radius 1 is 1.20 bits per heavy atom. The summed E-state index contributed by atoms with van der Waals surface area (Å²) in [5, 5.41) is 12.6. The smallest absolute Gasteiger partial charge is 0.341 e. The number of aliphatic carboxylic acids is 1. The highest BCUT2D eigenvalue weighted by molar-refractivity contribution is 6.05. The fourth-order valence-corrected chi connectivity index (χ4v) is 2.92. The van der Waals surface area contributed by atoms with Crippen molar-refractivity contribution in [1.29, 1.82) is 0 Å². The Bertz CT molecular complexity index is 766. The van der Waals surface area contributed by atoms with Crippen LogP contribution in [0.2, 0.25) is 0 Å². The van der Waals surface area contributed by atoms with Crippen molar-refractivity contribution in [2.45, 2.75) is 32.1 Å². The van der Waals surface area contributed by atoms with Crippen molar-refractivity contribution >= 4 is 17.6 Å². The number of carboxylic acids is 1. The van der Waals surface area contributed by atoms with E-state index >= 15 is 0 Å². The zero-order chi connectivity index (χ0) is 17.8. The van der Waals surface area contributed by atoms with Crippen LogP contribution < -0.4 is 9.64 Å². The predicted molar refractivity (Wildman–Crippen MR) is 90.1 cm³/mol. The van der Waals surface area contributed by atoms with E-state index in [0.29, 0.717) is 17.1 Å². The molecule has 1 heterocycles. The summed E-state index contributed by atoms with van der Waals surface area (Å²) >= 11 is 0. The molecule has 7 nitrogen and oxygen atoms in total. The first kappa shape index (κ1) is 17.0. The van der Waals surface area contributed by atoms with Gasteiger partial charge in [-0.05, 0) is 43.5 Å². The van der Waals surface area contributed by atoms with Crippen LogP contribution in [0.1, 0.15) is 41.1 Å². The molecule has 1 aliphatic rings. The molecule has 7 heteroatoms. The van der Waals surface area contributed by atoms with Gasteiger partial charge in [-0.15, -0.1) is 0 Å². The van der Waals surface area contributed by atoms with E-state index in [4.69, 9.17) is 14.4 Å². The lowest BCUT2D eigenvalue weighted by molar-refractivity contribution is -0.139. The number of amides is 1. The molecule has 0 saturated heterocycles. The maximum atomic E-state index is 12.8. The van der Waals surface area contributed by atoms with E-state index in [0.717, 1.165) is 43.4 Å². The van der Waals surface area contributed by atoms with Gasteiger partial charge < -0.3 is 19.3 Å². The lowest BCUT2D eigenvalue weighted by Gasteiger charge is -2.17. The largest absolute Gasteiger partial charge is 0.482 e. The number of aromatic nitrogens is 1. The first-order valence-electron chi connectivity index (χ1n) is 8.26. The molecular weight excluding hydrogens is 324 g/mol. The van der Waals surface area contributed by atoms with Crippen molar-refractivity contribution < 1.29 is 24.0 Å². The number of hydrogen-bond donors (Lipinski definition) is 1. The van der Waals surface area contributed by atoms with Crippen LogP contribution in [0.4, 0.5) is 5.69 Å². The van der Waals surface area contributed by atoms with Crippen molar-refractivity contribution in [2.24, 2.45) is 0 Å². The van der Waals surface area contributed by atoms with Crippen LogP contribution in [0.3, 0.4) is 0 Å². The molecular formula is C18H20N2O5. The average molecular weight is 344 g/mol. The summed E-state index contributed by atoms with van der Waals surface area (Å²) in [7, 11) is 1.67. The van der Waals surface area contributed by atoms with Gasteiger partial charge in [-0.25, -0.2) is 4.79 Å². The quantitative estimate of drug-likeness (QED) is 0.838. The van der Waals surface area contributed by atoms with Crippen molar-refractivity contribution in [2.75, 3.05) is 18.6 Å². The molecule has 1 aliphatic carbocycles. The lowest BCUT2D eigenvalue weighted by atomic mass is 10.1. The summed E-state index contributed by atoms with van der Waals surface area (Å²) in [5.41, 5.74) is 1.97. The normalized spacial score (nSPS) is 13.6. The Kier molecular flexibility index (Phi) is 5.02. The molecule has 0 spiro atoms. The summed E-state index contributed by atoms with van der Waals surface area (Å²) in [6.07, 6.45) is 4.87. The fourth-order valence-electron chi connectivity index (χ4n) is 2.92. The first-order chi connectivity index (χ1) is 12.1. The van der Waals surface area contributed by atoms with E-state index in [1.54, 1.807) is 31.3 Å². The third-order valence-electron chi connectivity index (χ3n) is 4.29. The van der Waals surface area contributed by atoms with Crippen LogP contribution >= 0.6 is 0 Å². The topological polar surface area (TPSA) is 92.9 Å². The highest BCUT2D eigenvalue weighted by Gasteiger charge is 2.25. The van der Waals surface area contributed by atoms with Gasteiger partial charge in [0.15, 0.2) is 12.3 Å².